The lowest BCUT2D eigenvalue weighted by molar-refractivity contribution is -0.437. The number of epoxide rings is 1. The highest BCUT2D eigenvalue weighted by Gasteiger charge is 2.90. The normalized spacial score (nSPS) is 55.6. The van der Waals surface area contributed by atoms with Crippen molar-refractivity contribution >= 4 is 0 Å². The summed E-state index contributed by atoms with van der Waals surface area (Å²) in [5.41, 5.74) is -4.00. The number of hydrogen-bond acceptors (Lipinski definition) is 8. The number of rotatable bonds is 4. The summed E-state index contributed by atoms with van der Waals surface area (Å²) in [4.78, 5) is 0. The zero-order valence-electron chi connectivity index (χ0n) is 26.6. The number of para-hydroxylation sites is 1. The number of aliphatic hydroxyl groups excluding tert-OH is 2. The van der Waals surface area contributed by atoms with Gasteiger partial charge in [-0.05, 0) is 61.1 Å². The Hall–Kier alpha value is -1.52. The quantitative estimate of drug-likeness (QED) is 0.331. The smallest absolute Gasteiger partial charge is 0.284 e. The zero-order chi connectivity index (χ0) is 30.9. The van der Waals surface area contributed by atoms with Crippen LogP contribution in [0, 0.1) is 35.5 Å². The van der Waals surface area contributed by atoms with Gasteiger partial charge < -0.3 is 39.0 Å². The first-order valence-electron chi connectivity index (χ1n) is 17.2. The maximum absolute atomic E-state index is 13.5. The molecule has 44 heavy (non-hydrogen) atoms. The van der Waals surface area contributed by atoms with Gasteiger partial charge in [0.05, 0.1) is 12.2 Å². The summed E-state index contributed by atoms with van der Waals surface area (Å²) in [5, 5.41) is 37.0. The molecule has 3 N–H and O–H groups in total. The van der Waals surface area contributed by atoms with Gasteiger partial charge in [-0.1, -0.05) is 77.7 Å². The molecule has 0 aromatic heterocycles. The van der Waals surface area contributed by atoms with E-state index in [1.807, 2.05) is 37.3 Å². The molecule has 3 saturated carbocycles. The zero-order valence-corrected chi connectivity index (χ0v) is 26.6. The fourth-order valence-corrected chi connectivity index (χ4v) is 11.5. The summed E-state index contributed by atoms with van der Waals surface area (Å²) in [7, 11) is 0. The van der Waals surface area contributed by atoms with Crippen LogP contribution in [0.3, 0.4) is 0 Å². The molecule has 8 nitrogen and oxygen atoms in total. The molecule has 7 aliphatic rings. The first-order chi connectivity index (χ1) is 21.0. The number of fused-ring (bicyclic) bond motifs is 1. The third-order valence-corrected chi connectivity index (χ3v) is 13.3. The predicted octanol–water partition coefficient (Wildman–Crippen LogP) is 4.74. The van der Waals surface area contributed by atoms with Crippen molar-refractivity contribution < 1.29 is 39.0 Å². The standard InChI is InChI=1S/C36H50O8/c1-20(2)32-18-22(4)36-26-29(32)42-34(43-32,44-36)17-13-8-6-7-10-14-21(3)25-23(5)28(40-24-15-11-9-12-16-24)35(39,27(25)36)31(38)33(19-37)30(26)41-33/h9,11-12,15-16,21-23,25-31,37-39H,1,6-8,10,13-14,17-19H2,2-5H3/t21-,22-,23+,25+,26-,27-,28+,29?,30+,31-,32-,33+,34-,35-,36-/m1/s1. The van der Waals surface area contributed by atoms with Gasteiger partial charge in [0.1, 0.15) is 47.0 Å². The van der Waals surface area contributed by atoms with E-state index >= 15 is 0 Å². The van der Waals surface area contributed by atoms with Crippen molar-refractivity contribution in [2.24, 2.45) is 35.5 Å². The molecule has 3 bridgehead atoms. The van der Waals surface area contributed by atoms with Gasteiger partial charge in [0.25, 0.3) is 5.97 Å². The number of ether oxygens (including phenoxy) is 5. The van der Waals surface area contributed by atoms with Crippen LogP contribution in [0.5, 0.6) is 5.75 Å². The number of aliphatic hydroxyl groups is 3. The van der Waals surface area contributed by atoms with E-state index in [9.17, 15) is 15.3 Å². The summed E-state index contributed by atoms with van der Waals surface area (Å²) in [6.45, 7) is 12.7. The minimum Gasteiger partial charge on any atom is -0.487 e. The van der Waals surface area contributed by atoms with E-state index in [-0.39, 0.29) is 29.6 Å². The van der Waals surface area contributed by atoms with E-state index in [1.54, 1.807) is 0 Å². The molecular weight excluding hydrogens is 560 g/mol. The molecule has 7 fully saturated rings. The van der Waals surface area contributed by atoms with Crippen molar-refractivity contribution in [3.8, 4) is 5.75 Å². The second kappa shape index (κ2) is 9.75. The van der Waals surface area contributed by atoms with E-state index in [0.717, 1.165) is 44.1 Å². The maximum atomic E-state index is 13.5. The monoisotopic (exact) mass is 610 g/mol. The van der Waals surface area contributed by atoms with Crippen LogP contribution in [-0.2, 0) is 18.9 Å². The summed E-state index contributed by atoms with van der Waals surface area (Å²) in [5.74, 6) is -1.55. The second-order valence-electron chi connectivity index (χ2n) is 15.6. The summed E-state index contributed by atoms with van der Waals surface area (Å²) in [6, 6.07) is 9.57. The lowest BCUT2D eigenvalue weighted by Gasteiger charge is -2.61. The molecule has 8 rings (SSSR count). The van der Waals surface area contributed by atoms with E-state index in [4.69, 9.17) is 23.7 Å². The highest BCUT2D eigenvalue weighted by Crippen LogP contribution is 2.75. The Balaban J connectivity index is 1.39. The van der Waals surface area contributed by atoms with Crippen molar-refractivity contribution in [3.63, 3.8) is 0 Å². The lowest BCUT2D eigenvalue weighted by atomic mass is 9.52. The molecular formula is C36H50O8. The summed E-state index contributed by atoms with van der Waals surface area (Å²) >= 11 is 0. The minimum absolute atomic E-state index is 0.0332. The van der Waals surface area contributed by atoms with E-state index in [1.165, 1.54) is 0 Å². The van der Waals surface area contributed by atoms with Crippen LogP contribution in [0.25, 0.3) is 0 Å². The molecule has 4 aliphatic heterocycles. The first-order valence-corrected chi connectivity index (χ1v) is 17.2. The third kappa shape index (κ3) is 3.54. The number of benzene rings is 1. The third-order valence-electron chi connectivity index (χ3n) is 13.3. The average molecular weight is 611 g/mol. The van der Waals surface area contributed by atoms with Crippen LogP contribution in [0.2, 0.25) is 0 Å². The molecule has 242 valence electrons. The van der Waals surface area contributed by atoms with Gasteiger partial charge in [-0.25, -0.2) is 0 Å². The van der Waals surface area contributed by atoms with Gasteiger partial charge in [-0.15, -0.1) is 0 Å². The maximum Gasteiger partial charge on any atom is 0.284 e. The summed E-state index contributed by atoms with van der Waals surface area (Å²) < 4.78 is 34.7. The average Bonchev–Trinajstić information content (AvgIpc) is 3.64. The Morgan fingerprint density at radius 2 is 1.73 bits per heavy atom. The Morgan fingerprint density at radius 3 is 2.45 bits per heavy atom. The van der Waals surface area contributed by atoms with Gasteiger partial charge in [0.2, 0.25) is 0 Å². The van der Waals surface area contributed by atoms with Crippen molar-refractivity contribution in [3.05, 3.63) is 42.5 Å². The fourth-order valence-electron chi connectivity index (χ4n) is 11.5. The molecule has 1 unspecified atom stereocenters. The van der Waals surface area contributed by atoms with Gasteiger partial charge in [-0.2, -0.15) is 0 Å². The number of hydrogen-bond donors (Lipinski definition) is 3. The van der Waals surface area contributed by atoms with Crippen LogP contribution in [0.4, 0.5) is 0 Å². The van der Waals surface area contributed by atoms with E-state index in [2.05, 4.69) is 27.4 Å². The molecule has 4 saturated heterocycles. The topological polar surface area (TPSA) is 110 Å². The second-order valence-corrected chi connectivity index (χ2v) is 15.6. The first kappa shape index (κ1) is 29.9. The lowest BCUT2D eigenvalue weighted by Crippen LogP contribution is -2.74. The van der Waals surface area contributed by atoms with Gasteiger partial charge in [0.15, 0.2) is 0 Å². The summed E-state index contributed by atoms with van der Waals surface area (Å²) in [6.07, 6.45) is 4.44. The van der Waals surface area contributed by atoms with E-state index in [0.29, 0.717) is 18.6 Å². The Bertz CT molecular complexity index is 1310. The molecule has 4 heterocycles. The fraction of sp³-hybridized carbons (Fsp3) is 0.778. The molecule has 8 heteroatoms. The van der Waals surface area contributed by atoms with Gasteiger partial charge in [-0.3, -0.25) is 0 Å². The van der Waals surface area contributed by atoms with Crippen molar-refractivity contribution in [1.29, 1.82) is 0 Å². The molecule has 1 aromatic rings. The van der Waals surface area contributed by atoms with Gasteiger partial charge in [0, 0.05) is 18.3 Å². The van der Waals surface area contributed by atoms with Gasteiger partial charge >= 0.3 is 0 Å². The van der Waals surface area contributed by atoms with Crippen molar-refractivity contribution in [2.45, 2.75) is 132 Å². The molecule has 1 aromatic carbocycles. The molecule has 3 aliphatic carbocycles. The van der Waals surface area contributed by atoms with Crippen LogP contribution < -0.4 is 4.74 Å². The Morgan fingerprint density at radius 1 is 1.00 bits per heavy atom. The van der Waals surface area contributed by atoms with Crippen LogP contribution in [0.1, 0.15) is 79.1 Å². The largest absolute Gasteiger partial charge is 0.487 e. The molecule has 15 atom stereocenters. The Kier molecular flexibility index (Phi) is 6.62. The van der Waals surface area contributed by atoms with Crippen LogP contribution in [-0.4, -0.2) is 74.7 Å². The Labute approximate surface area is 261 Å². The van der Waals surface area contributed by atoms with Crippen molar-refractivity contribution in [2.75, 3.05) is 6.61 Å². The van der Waals surface area contributed by atoms with Crippen LogP contribution in [0.15, 0.2) is 42.5 Å². The minimum atomic E-state index is -1.78. The predicted molar refractivity (Wildman–Crippen MR) is 161 cm³/mol. The highest BCUT2D eigenvalue weighted by atomic mass is 16.9. The molecule has 0 radical (unpaired) electrons. The van der Waals surface area contributed by atoms with Crippen LogP contribution >= 0.6 is 0 Å². The molecule has 2 spiro atoms. The SMILES string of the molecule is C=C(C)[C@]12C[C@@H](C)[C@@]34O[C@@]5(CCCCCCC[C@@H](C)[C@H]6[C@H](C)[C@H](Oc7ccccc7)[C@@](O)([C@H](O)[C@@]7(CO)O[C@H]7[C@H]3C1O5)[C@@H]64)O2. The van der Waals surface area contributed by atoms with Crippen molar-refractivity contribution in [1.82, 2.24) is 0 Å². The van der Waals surface area contributed by atoms with E-state index < -0.39 is 65.3 Å². The highest BCUT2D eigenvalue weighted by molar-refractivity contribution is 5.38. The molecule has 0 amide bonds.